The smallest absolute Gasteiger partial charge is 0.343 e. The molecule has 1 amide bonds. The van der Waals surface area contributed by atoms with Gasteiger partial charge in [-0.05, 0) is 54.4 Å². The Morgan fingerprint density at radius 2 is 1.59 bits per heavy atom. The Morgan fingerprint density at radius 3 is 2.25 bits per heavy atom. The summed E-state index contributed by atoms with van der Waals surface area (Å²) >= 11 is 6.11. The molecule has 0 saturated heterocycles. The number of nitrogens with zero attached hydrogens (tertiary/aromatic N) is 3. The minimum absolute atomic E-state index is 0.0127. The molecule has 0 aliphatic heterocycles. The highest BCUT2D eigenvalue weighted by molar-refractivity contribution is 6.30. The van der Waals surface area contributed by atoms with Crippen LogP contribution in [0.5, 0.6) is 11.5 Å². The molecule has 3 unspecified atom stereocenters. The molecule has 1 N–H and O–H groups in total. The van der Waals surface area contributed by atoms with Crippen molar-refractivity contribution in [3.05, 3.63) is 136 Å². The van der Waals surface area contributed by atoms with Gasteiger partial charge < -0.3 is 19.3 Å². The number of aromatic nitrogens is 3. The van der Waals surface area contributed by atoms with E-state index in [0.29, 0.717) is 16.5 Å². The Labute approximate surface area is 257 Å². The van der Waals surface area contributed by atoms with Gasteiger partial charge in [-0.25, -0.2) is 14.2 Å². The predicted molar refractivity (Wildman–Crippen MR) is 158 cm³/mol. The lowest BCUT2D eigenvalue weighted by atomic mass is 10.0. The Hall–Kier alpha value is -5.09. The van der Waals surface area contributed by atoms with Gasteiger partial charge in [0.2, 0.25) is 11.6 Å². The summed E-state index contributed by atoms with van der Waals surface area (Å²) in [6, 6.07) is 23.1. The molecule has 11 heteroatoms. The number of rotatable bonds is 9. The van der Waals surface area contributed by atoms with Gasteiger partial charge in [0.25, 0.3) is 5.91 Å². The lowest BCUT2D eigenvalue weighted by molar-refractivity contribution is 0.0725. The third-order valence-electron chi connectivity index (χ3n) is 7.51. The van der Waals surface area contributed by atoms with E-state index in [1.165, 1.54) is 31.5 Å². The number of amides is 1. The summed E-state index contributed by atoms with van der Waals surface area (Å²) in [5, 5.41) is 7.56. The van der Waals surface area contributed by atoms with Crippen molar-refractivity contribution in [2.45, 2.75) is 30.7 Å². The normalized spacial score (nSPS) is 17.9. The van der Waals surface area contributed by atoms with E-state index in [4.69, 9.17) is 25.6 Å². The molecule has 222 valence electrons. The van der Waals surface area contributed by atoms with Gasteiger partial charge in [0, 0.05) is 29.1 Å². The lowest BCUT2D eigenvalue weighted by Crippen LogP contribution is -2.29. The van der Waals surface area contributed by atoms with Crippen molar-refractivity contribution in [2.75, 3.05) is 7.11 Å². The summed E-state index contributed by atoms with van der Waals surface area (Å²) in [6.45, 7) is 1.70. The van der Waals surface area contributed by atoms with Gasteiger partial charge in [0.05, 0.1) is 24.6 Å². The SMILES string of the molecule is COc1ccnc(C(=O)N[C@@H](C)c2noc(C3C(c4ccc(F)cc4)C3c3ccc(Cl)cc3)n2)c1OC(=O)c1ccccc1. The van der Waals surface area contributed by atoms with Gasteiger partial charge >= 0.3 is 5.97 Å². The van der Waals surface area contributed by atoms with E-state index in [1.807, 2.05) is 24.3 Å². The second-order valence-electron chi connectivity index (χ2n) is 10.3. The summed E-state index contributed by atoms with van der Waals surface area (Å²) in [5.74, 6) is -1.09. The number of carbonyl (C=O) groups excluding carboxylic acids is 2. The van der Waals surface area contributed by atoms with E-state index in [-0.39, 0.29) is 46.6 Å². The van der Waals surface area contributed by atoms with Crippen LogP contribution in [0, 0.1) is 5.82 Å². The van der Waals surface area contributed by atoms with Gasteiger partial charge in [-0.3, -0.25) is 4.79 Å². The van der Waals surface area contributed by atoms with Crippen molar-refractivity contribution in [3.63, 3.8) is 0 Å². The number of methoxy groups -OCH3 is 1. The summed E-state index contributed by atoms with van der Waals surface area (Å²) in [6.07, 6.45) is 1.38. The Morgan fingerprint density at radius 1 is 0.932 bits per heavy atom. The largest absolute Gasteiger partial charge is 0.493 e. The number of benzene rings is 3. The van der Waals surface area contributed by atoms with Crippen LogP contribution in [0.4, 0.5) is 4.39 Å². The molecule has 1 saturated carbocycles. The monoisotopic (exact) mass is 612 g/mol. The number of ether oxygens (including phenoxy) is 2. The first-order chi connectivity index (χ1) is 21.3. The van der Waals surface area contributed by atoms with E-state index in [0.717, 1.165) is 11.1 Å². The van der Waals surface area contributed by atoms with Gasteiger partial charge in [0.15, 0.2) is 17.3 Å². The maximum Gasteiger partial charge on any atom is 0.343 e. The number of nitrogens with one attached hydrogen (secondary N) is 1. The van der Waals surface area contributed by atoms with Crippen LogP contribution in [0.1, 0.15) is 74.4 Å². The van der Waals surface area contributed by atoms with Crippen molar-refractivity contribution in [1.29, 1.82) is 0 Å². The molecule has 44 heavy (non-hydrogen) atoms. The van der Waals surface area contributed by atoms with E-state index < -0.39 is 17.9 Å². The Balaban J connectivity index is 1.22. The third kappa shape index (κ3) is 5.89. The Bertz CT molecular complexity index is 1750. The average Bonchev–Trinajstić information content (AvgIpc) is 3.58. The van der Waals surface area contributed by atoms with Crippen LogP contribution in [0.3, 0.4) is 0 Å². The fourth-order valence-corrected chi connectivity index (χ4v) is 5.41. The van der Waals surface area contributed by atoms with Crippen molar-refractivity contribution in [1.82, 2.24) is 20.4 Å². The third-order valence-corrected chi connectivity index (χ3v) is 7.77. The second kappa shape index (κ2) is 12.3. The number of esters is 1. The van der Waals surface area contributed by atoms with E-state index >= 15 is 0 Å². The van der Waals surface area contributed by atoms with E-state index in [1.54, 1.807) is 49.4 Å². The van der Waals surface area contributed by atoms with Crippen molar-refractivity contribution in [2.24, 2.45) is 0 Å². The van der Waals surface area contributed by atoms with Gasteiger partial charge in [-0.1, -0.05) is 59.2 Å². The fourth-order valence-electron chi connectivity index (χ4n) is 5.28. The number of carbonyl (C=O) groups is 2. The molecule has 1 aliphatic carbocycles. The molecule has 9 nitrogen and oxygen atoms in total. The number of pyridine rings is 1. The zero-order valence-electron chi connectivity index (χ0n) is 23.6. The molecular formula is C33H26ClFN4O5. The molecule has 1 aliphatic rings. The summed E-state index contributed by atoms with van der Waals surface area (Å²) in [7, 11) is 1.40. The van der Waals surface area contributed by atoms with Crippen molar-refractivity contribution >= 4 is 23.5 Å². The minimum atomic E-state index is -0.692. The first-order valence-electron chi connectivity index (χ1n) is 13.8. The molecule has 4 atom stereocenters. The van der Waals surface area contributed by atoms with Crippen LogP contribution >= 0.6 is 11.6 Å². The zero-order valence-corrected chi connectivity index (χ0v) is 24.4. The predicted octanol–water partition coefficient (Wildman–Crippen LogP) is 6.64. The Kier molecular flexibility index (Phi) is 8.08. The van der Waals surface area contributed by atoms with Crippen LogP contribution in [0.2, 0.25) is 5.02 Å². The molecule has 0 bridgehead atoms. The summed E-state index contributed by atoms with van der Waals surface area (Å²) in [4.78, 5) is 34.9. The average molecular weight is 613 g/mol. The lowest BCUT2D eigenvalue weighted by Gasteiger charge is -2.14. The molecule has 1 fully saturated rings. The molecule has 2 heterocycles. The number of hydrogen-bond donors (Lipinski definition) is 1. The van der Waals surface area contributed by atoms with Gasteiger partial charge in [-0.15, -0.1) is 0 Å². The molecule has 6 rings (SSSR count). The minimum Gasteiger partial charge on any atom is -0.493 e. The van der Waals surface area contributed by atoms with Crippen molar-refractivity contribution in [3.8, 4) is 11.5 Å². The molecule has 0 spiro atoms. The molecule has 5 aromatic rings. The molecule has 0 radical (unpaired) electrons. The highest BCUT2D eigenvalue weighted by Crippen LogP contribution is 2.65. The standard InChI is InChI=1S/C33H26ClFN4O5/c1-18(37-31(40)28-29(24(42-2)16-17-36-28)43-33(41)21-6-4-3-5-7-21)30-38-32(44-39-30)27-25(19-8-12-22(34)13-9-19)26(27)20-10-14-23(35)15-11-20/h3-18,25-27H,1-2H3,(H,37,40)/t18-,25?,26?,27?/m0/s1. The molecular weight excluding hydrogens is 587 g/mol. The first-order valence-corrected chi connectivity index (χ1v) is 14.2. The van der Waals surface area contributed by atoms with E-state index in [9.17, 15) is 14.0 Å². The summed E-state index contributed by atoms with van der Waals surface area (Å²) in [5.41, 5.74) is 2.13. The number of hydrogen-bond acceptors (Lipinski definition) is 8. The zero-order chi connectivity index (χ0) is 30.8. The topological polar surface area (TPSA) is 116 Å². The van der Waals surface area contributed by atoms with Crippen LogP contribution in [0.25, 0.3) is 0 Å². The van der Waals surface area contributed by atoms with Crippen LogP contribution in [0.15, 0.2) is 95.6 Å². The quantitative estimate of drug-likeness (QED) is 0.184. The highest BCUT2D eigenvalue weighted by Gasteiger charge is 2.56. The van der Waals surface area contributed by atoms with E-state index in [2.05, 4.69) is 20.4 Å². The molecule has 3 aromatic carbocycles. The number of halogens is 2. The fraction of sp³-hybridized carbons (Fsp3) is 0.182. The summed E-state index contributed by atoms with van der Waals surface area (Å²) < 4.78 is 30.2. The van der Waals surface area contributed by atoms with Crippen molar-refractivity contribution < 1.29 is 28.0 Å². The highest BCUT2D eigenvalue weighted by atomic mass is 35.5. The van der Waals surface area contributed by atoms with Crippen LogP contribution in [-0.4, -0.2) is 34.1 Å². The van der Waals surface area contributed by atoms with Crippen LogP contribution in [-0.2, 0) is 0 Å². The van der Waals surface area contributed by atoms with Crippen LogP contribution < -0.4 is 14.8 Å². The first kappa shape index (κ1) is 29.0. The van der Waals surface area contributed by atoms with Gasteiger partial charge in [0.1, 0.15) is 5.82 Å². The van der Waals surface area contributed by atoms with Gasteiger partial charge in [-0.2, -0.15) is 4.98 Å². The maximum absolute atomic E-state index is 13.7. The second-order valence-corrected chi connectivity index (χ2v) is 10.7. The maximum atomic E-state index is 13.7. The molecule has 2 aromatic heterocycles.